The van der Waals surface area contributed by atoms with Crippen LogP contribution in [-0.4, -0.2) is 112 Å². The molecule has 1 aliphatic heterocycles. The molecule has 59 heavy (non-hydrogen) atoms. The van der Waals surface area contributed by atoms with Crippen molar-refractivity contribution in [3.63, 3.8) is 0 Å². The van der Waals surface area contributed by atoms with Crippen molar-refractivity contribution in [2.24, 2.45) is 7.05 Å². The molecule has 19 heteroatoms. The second kappa shape index (κ2) is 20.5. The molecule has 2 aliphatic rings. The van der Waals surface area contributed by atoms with Crippen molar-refractivity contribution in [2.75, 3.05) is 52.1 Å². The Labute approximate surface area is 341 Å². The number of rotatable bonds is 21. The first-order chi connectivity index (χ1) is 28.5. The monoisotopic (exact) mass is 821 g/mol. The summed E-state index contributed by atoms with van der Waals surface area (Å²) in [7, 11) is 3.25. The van der Waals surface area contributed by atoms with Crippen LogP contribution in [0.15, 0.2) is 35.1 Å². The summed E-state index contributed by atoms with van der Waals surface area (Å²) in [5, 5.41) is 19.8. The highest BCUT2D eigenvalue weighted by Gasteiger charge is 2.32. The topological polar surface area (TPSA) is 224 Å². The number of nitrogens with one attached hydrogen (secondary N) is 4. The van der Waals surface area contributed by atoms with Crippen LogP contribution < -0.4 is 21.6 Å². The number of ether oxygens (including phenoxy) is 5. The van der Waals surface area contributed by atoms with Crippen molar-refractivity contribution >= 4 is 40.7 Å². The second-order valence-corrected chi connectivity index (χ2v) is 15.1. The maximum absolute atomic E-state index is 13.3. The number of carbonyl (C=O) groups is 4. The van der Waals surface area contributed by atoms with E-state index in [0.717, 1.165) is 42.5 Å². The first kappa shape index (κ1) is 43.2. The molecule has 1 unspecified atom stereocenters. The van der Waals surface area contributed by atoms with Crippen LogP contribution in [0.25, 0.3) is 11.0 Å². The van der Waals surface area contributed by atoms with Gasteiger partial charge in [0.1, 0.15) is 17.8 Å². The second-order valence-electron chi connectivity index (χ2n) is 15.1. The van der Waals surface area contributed by atoms with Gasteiger partial charge in [0, 0.05) is 50.9 Å². The Hall–Kier alpha value is -5.37. The van der Waals surface area contributed by atoms with Crippen LogP contribution in [-0.2, 0) is 59.9 Å². The fraction of sp³-hybridized carbons (Fsp3) is 0.575. The molecule has 0 bridgehead atoms. The smallest absolute Gasteiger partial charge is 0.407 e. The summed E-state index contributed by atoms with van der Waals surface area (Å²) in [5.74, 6) is -0.619. The highest BCUT2D eigenvalue weighted by Crippen LogP contribution is 2.36. The average Bonchev–Trinajstić information content (AvgIpc) is 3.99. The van der Waals surface area contributed by atoms with Crippen molar-refractivity contribution in [1.29, 1.82) is 0 Å². The molecular formula is C40H55N9O10. The number of fused-ring (bicyclic) bond motifs is 1. The minimum absolute atomic E-state index is 0.00407. The molecule has 1 saturated heterocycles. The number of nitrogens with zero attached hydrogens (tertiary/aromatic N) is 5. The van der Waals surface area contributed by atoms with Gasteiger partial charge in [0.25, 0.3) is 5.91 Å². The Bertz CT molecular complexity index is 2140. The SMILES string of the molecule is COCc1cc(C(=O)Nc2cc([C@H]3CC[C@@H](OC(=O)NC(C)C)C3)[nH]n2)n(CCOCCOCCOCCCc2ccc3c(c2)n(C)c(=O)n3C2CCC(=O)NC2=O)n1. The minimum atomic E-state index is -0.710. The zero-order valence-corrected chi connectivity index (χ0v) is 34.1. The Morgan fingerprint density at radius 1 is 0.949 bits per heavy atom. The molecule has 2 fully saturated rings. The van der Waals surface area contributed by atoms with Crippen molar-refractivity contribution in [3.05, 3.63) is 63.5 Å². The summed E-state index contributed by atoms with van der Waals surface area (Å²) in [6, 6.07) is 8.55. The van der Waals surface area contributed by atoms with Crippen molar-refractivity contribution in [2.45, 2.75) is 96.1 Å². The third-order valence-electron chi connectivity index (χ3n) is 10.3. The Morgan fingerprint density at radius 3 is 2.46 bits per heavy atom. The standard InChI is InChI=1S/C40H55N9O10/c1-25(2)41-39(53)59-29-9-8-27(21-29)30-23-35(45-44-30)42-38(52)34-22-28(24-55-4)46-48(34)13-15-57-17-19-58-18-16-56-14-5-6-26-7-10-31-33(20-26)47(3)40(54)49(31)32-11-12-36(50)43-37(32)51/h7,10,20,22-23,25,27,29,32H,5-6,8-9,11-19,21,24H2,1-4H3,(H,41,53)(H,43,50,51)(H2,42,44,45,52)/t27-,29+,32?/m0/s1. The maximum Gasteiger partial charge on any atom is 0.407 e. The van der Waals surface area contributed by atoms with E-state index in [0.29, 0.717) is 81.8 Å². The summed E-state index contributed by atoms with van der Waals surface area (Å²) in [4.78, 5) is 62.4. The van der Waals surface area contributed by atoms with E-state index in [9.17, 15) is 24.0 Å². The maximum atomic E-state index is 13.3. The number of imidazole rings is 1. The van der Waals surface area contributed by atoms with Gasteiger partial charge in [0.05, 0.1) is 62.9 Å². The number of aryl methyl sites for hydroxylation is 2. The first-order valence-corrected chi connectivity index (χ1v) is 20.2. The van der Waals surface area contributed by atoms with E-state index in [4.69, 9.17) is 23.7 Å². The molecule has 4 amide bonds. The number of anilines is 1. The summed E-state index contributed by atoms with van der Waals surface area (Å²) < 4.78 is 32.5. The van der Waals surface area contributed by atoms with Gasteiger partial charge < -0.3 is 34.3 Å². The lowest BCUT2D eigenvalue weighted by Gasteiger charge is -2.21. The quantitative estimate of drug-likeness (QED) is 0.0703. The molecule has 1 aromatic carbocycles. The van der Waals surface area contributed by atoms with Crippen LogP contribution >= 0.6 is 0 Å². The summed E-state index contributed by atoms with van der Waals surface area (Å²) in [6.07, 6.45) is 3.69. The van der Waals surface area contributed by atoms with Crippen LogP contribution in [0.3, 0.4) is 0 Å². The number of piperidine rings is 1. The van der Waals surface area contributed by atoms with E-state index >= 15 is 0 Å². The molecule has 19 nitrogen and oxygen atoms in total. The van der Waals surface area contributed by atoms with Gasteiger partial charge in [-0.15, -0.1) is 0 Å². The number of benzene rings is 1. The Morgan fingerprint density at radius 2 is 1.71 bits per heavy atom. The lowest BCUT2D eigenvalue weighted by Crippen LogP contribution is -2.44. The number of alkyl carbamates (subject to hydrolysis) is 1. The fourth-order valence-corrected chi connectivity index (χ4v) is 7.45. The number of carbonyl (C=O) groups excluding carboxylic acids is 4. The van der Waals surface area contributed by atoms with E-state index in [1.165, 1.54) is 9.13 Å². The lowest BCUT2D eigenvalue weighted by atomic mass is 10.0. The number of hydrogen-bond acceptors (Lipinski definition) is 12. The van der Waals surface area contributed by atoms with E-state index in [-0.39, 0.29) is 48.6 Å². The molecule has 4 heterocycles. The molecule has 0 spiro atoms. The van der Waals surface area contributed by atoms with Crippen molar-refractivity contribution in [1.82, 2.24) is 39.7 Å². The van der Waals surface area contributed by atoms with Gasteiger partial charge in [0.2, 0.25) is 11.8 Å². The molecule has 6 rings (SSSR count). The number of methoxy groups -OCH3 is 1. The third-order valence-corrected chi connectivity index (χ3v) is 10.3. The number of hydrogen-bond donors (Lipinski definition) is 4. The fourth-order valence-electron chi connectivity index (χ4n) is 7.45. The highest BCUT2D eigenvalue weighted by molar-refractivity contribution is 6.02. The summed E-state index contributed by atoms with van der Waals surface area (Å²) in [6.45, 7) is 6.77. The van der Waals surface area contributed by atoms with Gasteiger partial charge in [-0.2, -0.15) is 10.2 Å². The average molecular weight is 822 g/mol. The number of H-pyrrole nitrogens is 1. The van der Waals surface area contributed by atoms with Crippen LogP contribution in [0.1, 0.15) is 91.8 Å². The molecule has 4 aromatic rings. The number of imide groups is 1. The zero-order chi connectivity index (χ0) is 41.9. The predicted molar refractivity (Wildman–Crippen MR) is 214 cm³/mol. The van der Waals surface area contributed by atoms with Crippen molar-refractivity contribution < 1.29 is 42.9 Å². The van der Waals surface area contributed by atoms with Crippen LogP contribution in [0.4, 0.5) is 10.6 Å². The molecule has 3 aromatic heterocycles. The van der Waals surface area contributed by atoms with Crippen molar-refractivity contribution in [3.8, 4) is 0 Å². The first-order valence-electron chi connectivity index (χ1n) is 20.2. The molecule has 320 valence electrons. The zero-order valence-electron chi connectivity index (χ0n) is 34.1. The molecule has 1 aliphatic carbocycles. The van der Waals surface area contributed by atoms with Gasteiger partial charge in [0.15, 0.2) is 5.82 Å². The third kappa shape index (κ3) is 11.4. The lowest BCUT2D eigenvalue weighted by molar-refractivity contribution is -0.135. The summed E-state index contributed by atoms with van der Waals surface area (Å²) >= 11 is 0. The highest BCUT2D eigenvalue weighted by atomic mass is 16.6. The van der Waals surface area contributed by atoms with Gasteiger partial charge in [-0.1, -0.05) is 6.07 Å². The van der Waals surface area contributed by atoms with Gasteiger partial charge in [-0.05, 0) is 76.1 Å². The van der Waals surface area contributed by atoms with Crippen LogP contribution in [0.2, 0.25) is 0 Å². The Balaban J connectivity index is 0.857. The van der Waals surface area contributed by atoms with Gasteiger partial charge >= 0.3 is 11.8 Å². The van der Waals surface area contributed by atoms with Crippen LogP contribution in [0, 0.1) is 0 Å². The van der Waals surface area contributed by atoms with E-state index in [2.05, 4.69) is 31.2 Å². The molecule has 3 atom stereocenters. The predicted octanol–water partition coefficient (Wildman–Crippen LogP) is 3.09. The Kier molecular flexibility index (Phi) is 15.1. The van der Waals surface area contributed by atoms with E-state index in [1.807, 2.05) is 38.1 Å². The minimum Gasteiger partial charge on any atom is -0.446 e. The number of amides is 4. The number of aromatic nitrogens is 6. The molecular weight excluding hydrogens is 766 g/mol. The van der Waals surface area contributed by atoms with Gasteiger partial charge in [-0.25, -0.2) is 9.59 Å². The molecule has 1 saturated carbocycles. The largest absolute Gasteiger partial charge is 0.446 e. The van der Waals surface area contributed by atoms with Gasteiger partial charge in [-0.3, -0.25) is 38.6 Å². The number of aromatic amines is 1. The van der Waals surface area contributed by atoms with Crippen LogP contribution in [0.5, 0.6) is 0 Å². The molecule has 4 N–H and O–H groups in total. The summed E-state index contributed by atoms with van der Waals surface area (Å²) in [5.41, 5.74) is 3.98. The van der Waals surface area contributed by atoms with E-state index < -0.39 is 18.0 Å². The van der Waals surface area contributed by atoms with E-state index in [1.54, 1.807) is 24.9 Å². The normalized spacial score (nSPS) is 18.2. The molecule has 0 radical (unpaired) electrons.